The van der Waals surface area contributed by atoms with Gasteiger partial charge in [0.05, 0.1) is 0 Å². The average molecular weight is 269 g/mol. The van der Waals surface area contributed by atoms with Crippen molar-refractivity contribution >= 4 is 11.8 Å². The zero-order valence-corrected chi connectivity index (χ0v) is 11.6. The first-order valence-corrected chi connectivity index (χ1v) is 6.96. The molecule has 5 heteroatoms. The zero-order chi connectivity index (χ0) is 14.0. The van der Waals surface area contributed by atoms with E-state index in [1.54, 1.807) is 0 Å². The van der Waals surface area contributed by atoms with Crippen LogP contribution < -0.4 is 0 Å². The number of ketones is 1. The summed E-state index contributed by atoms with van der Waals surface area (Å²) in [5, 5.41) is 0. The van der Waals surface area contributed by atoms with Crippen molar-refractivity contribution in [2.24, 2.45) is 0 Å². The lowest BCUT2D eigenvalue weighted by molar-refractivity contribution is -0.161. The van der Waals surface area contributed by atoms with Crippen molar-refractivity contribution in [2.45, 2.75) is 75.8 Å². The van der Waals surface area contributed by atoms with Gasteiger partial charge in [-0.25, -0.2) is 9.18 Å². The van der Waals surface area contributed by atoms with Crippen LogP contribution in [-0.2, 0) is 14.3 Å². The Labute approximate surface area is 112 Å². The SMILES string of the molecule is CC(C)(C)OC(=O)[C@@]12CCCC3[C@H](F)C(=O)CC1N32. The molecule has 0 aromatic heterocycles. The van der Waals surface area contributed by atoms with Crippen molar-refractivity contribution in [3.8, 4) is 0 Å². The van der Waals surface area contributed by atoms with Crippen LogP contribution in [0.3, 0.4) is 0 Å². The first-order chi connectivity index (χ1) is 8.77. The molecule has 19 heavy (non-hydrogen) atoms. The number of rotatable bonds is 1. The van der Waals surface area contributed by atoms with E-state index in [4.69, 9.17) is 4.74 Å². The van der Waals surface area contributed by atoms with Crippen molar-refractivity contribution in [2.75, 3.05) is 0 Å². The maximum Gasteiger partial charge on any atom is 0.328 e. The first-order valence-electron chi connectivity index (χ1n) is 6.96. The molecule has 0 N–H and O–H groups in total. The van der Waals surface area contributed by atoms with Crippen molar-refractivity contribution < 1.29 is 18.7 Å². The summed E-state index contributed by atoms with van der Waals surface area (Å²) >= 11 is 0. The van der Waals surface area contributed by atoms with Gasteiger partial charge < -0.3 is 4.74 Å². The van der Waals surface area contributed by atoms with Gasteiger partial charge in [-0.15, -0.1) is 0 Å². The maximum atomic E-state index is 14.0. The quantitative estimate of drug-likeness (QED) is 0.536. The summed E-state index contributed by atoms with van der Waals surface area (Å²) in [6.45, 7) is 5.48. The number of Topliss-reactive ketones (excluding diaryl/α,β-unsaturated/α-hetero) is 1. The number of nitrogens with zero attached hydrogens (tertiary/aromatic N) is 1. The van der Waals surface area contributed by atoms with E-state index in [1.165, 1.54) is 0 Å². The van der Waals surface area contributed by atoms with Gasteiger partial charge in [0.25, 0.3) is 0 Å². The molecule has 5 atom stereocenters. The number of ether oxygens (including phenoxy) is 1. The number of fused-ring (bicyclic) bond motifs is 1. The van der Waals surface area contributed by atoms with Crippen LogP contribution in [0, 0.1) is 0 Å². The van der Waals surface area contributed by atoms with Crippen LogP contribution in [0.25, 0.3) is 0 Å². The Morgan fingerprint density at radius 2 is 2.16 bits per heavy atom. The molecule has 3 saturated heterocycles. The van der Waals surface area contributed by atoms with Gasteiger partial charge in [0, 0.05) is 18.5 Å². The number of hydrogen-bond acceptors (Lipinski definition) is 4. The minimum atomic E-state index is -1.43. The van der Waals surface area contributed by atoms with Gasteiger partial charge >= 0.3 is 5.97 Å². The van der Waals surface area contributed by atoms with Gasteiger partial charge in [-0.05, 0) is 40.0 Å². The highest BCUT2D eigenvalue weighted by atomic mass is 19.1. The Kier molecular flexibility index (Phi) is 2.59. The molecule has 3 aliphatic heterocycles. The Morgan fingerprint density at radius 3 is 2.79 bits per heavy atom. The second-order valence-electron chi connectivity index (χ2n) is 6.88. The third kappa shape index (κ3) is 1.74. The van der Waals surface area contributed by atoms with Crippen LogP contribution in [0.15, 0.2) is 0 Å². The van der Waals surface area contributed by atoms with E-state index >= 15 is 0 Å². The van der Waals surface area contributed by atoms with E-state index in [0.717, 1.165) is 6.42 Å². The fraction of sp³-hybridized carbons (Fsp3) is 0.857. The fourth-order valence-electron chi connectivity index (χ4n) is 3.74. The monoisotopic (exact) mass is 269 g/mol. The van der Waals surface area contributed by atoms with E-state index in [2.05, 4.69) is 0 Å². The molecule has 0 saturated carbocycles. The van der Waals surface area contributed by atoms with Gasteiger partial charge in [0.2, 0.25) is 0 Å². The number of esters is 1. The highest BCUT2D eigenvalue weighted by Crippen LogP contribution is 2.57. The molecule has 0 radical (unpaired) electrons. The number of piperidine rings is 2. The molecule has 0 aliphatic carbocycles. The molecule has 4 nitrogen and oxygen atoms in total. The Morgan fingerprint density at radius 1 is 1.47 bits per heavy atom. The summed E-state index contributed by atoms with van der Waals surface area (Å²) in [4.78, 5) is 26.0. The topological polar surface area (TPSA) is 46.4 Å². The maximum absolute atomic E-state index is 14.0. The Hall–Kier alpha value is -0.970. The zero-order valence-electron chi connectivity index (χ0n) is 11.6. The first kappa shape index (κ1) is 13.0. The third-order valence-corrected chi connectivity index (χ3v) is 4.49. The predicted octanol–water partition coefficient (Wildman–Crippen LogP) is 1.61. The molecule has 0 amide bonds. The smallest absolute Gasteiger partial charge is 0.328 e. The van der Waals surface area contributed by atoms with E-state index in [1.807, 2.05) is 25.7 Å². The van der Waals surface area contributed by atoms with Crippen molar-refractivity contribution in [1.82, 2.24) is 4.90 Å². The summed E-state index contributed by atoms with van der Waals surface area (Å²) in [7, 11) is 0. The number of halogens is 1. The lowest BCUT2D eigenvalue weighted by Crippen LogP contribution is -2.46. The van der Waals surface area contributed by atoms with E-state index < -0.39 is 23.4 Å². The molecular weight excluding hydrogens is 249 g/mol. The number of carbonyl (C=O) groups is 2. The summed E-state index contributed by atoms with van der Waals surface area (Å²) in [6.07, 6.45) is 0.847. The second kappa shape index (κ2) is 3.78. The predicted molar refractivity (Wildman–Crippen MR) is 66.4 cm³/mol. The Bertz CT molecular complexity index is 444. The number of carbonyl (C=O) groups excluding carboxylic acids is 2. The van der Waals surface area contributed by atoms with Crippen molar-refractivity contribution in [1.29, 1.82) is 0 Å². The van der Waals surface area contributed by atoms with Crippen LogP contribution in [0.1, 0.15) is 46.5 Å². The van der Waals surface area contributed by atoms with E-state index in [-0.39, 0.29) is 24.2 Å². The van der Waals surface area contributed by atoms with Crippen LogP contribution >= 0.6 is 0 Å². The molecular formula is C14H20FNO3. The molecule has 3 rings (SSSR count). The fourth-order valence-corrected chi connectivity index (χ4v) is 3.74. The summed E-state index contributed by atoms with van der Waals surface area (Å²) in [5.41, 5.74) is -1.27. The molecule has 3 heterocycles. The van der Waals surface area contributed by atoms with Crippen LogP contribution in [-0.4, -0.2) is 46.0 Å². The minimum Gasteiger partial charge on any atom is -0.459 e. The highest BCUT2D eigenvalue weighted by Gasteiger charge is 2.75. The average Bonchev–Trinajstić information content (AvgIpc) is 2.94. The lowest BCUT2D eigenvalue weighted by atomic mass is 9.93. The Balaban J connectivity index is 1.86. The lowest BCUT2D eigenvalue weighted by Gasteiger charge is -2.32. The van der Waals surface area contributed by atoms with Gasteiger partial charge in [-0.2, -0.15) is 0 Å². The van der Waals surface area contributed by atoms with Crippen LogP contribution in [0.2, 0.25) is 0 Å². The van der Waals surface area contributed by atoms with Crippen molar-refractivity contribution in [3.63, 3.8) is 0 Å². The minimum absolute atomic E-state index is 0.130. The number of hydrogen-bond donors (Lipinski definition) is 0. The molecule has 3 aliphatic rings. The van der Waals surface area contributed by atoms with Gasteiger partial charge in [0.1, 0.15) is 11.1 Å². The highest BCUT2D eigenvalue weighted by molar-refractivity contribution is 5.93. The van der Waals surface area contributed by atoms with Crippen molar-refractivity contribution in [3.05, 3.63) is 0 Å². The second-order valence-corrected chi connectivity index (χ2v) is 6.88. The van der Waals surface area contributed by atoms with E-state index in [0.29, 0.717) is 12.8 Å². The largest absolute Gasteiger partial charge is 0.459 e. The molecule has 0 bridgehead atoms. The van der Waals surface area contributed by atoms with Gasteiger partial charge in [-0.3, -0.25) is 9.69 Å². The molecule has 3 unspecified atom stereocenters. The van der Waals surface area contributed by atoms with Crippen LogP contribution in [0.4, 0.5) is 4.39 Å². The molecule has 0 aromatic carbocycles. The number of alkyl halides is 1. The molecule has 0 aromatic rings. The normalized spacial score (nSPS) is 44.5. The summed E-state index contributed by atoms with van der Waals surface area (Å²) in [5.74, 6) is -0.629. The molecule has 106 valence electrons. The van der Waals surface area contributed by atoms with Crippen LogP contribution in [0.5, 0.6) is 0 Å². The van der Waals surface area contributed by atoms with Gasteiger partial charge in [0.15, 0.2) is 12.0 Å². The van der Waals surface area contributed by atoms with Gasteiger partial charge in [-0.1, -0.05) is 0 Å². The van der Waals surface area contributed by atoms with E-state index in [9.17, 15) is 14.0 Å². The molecule has 3 fully saturated rings. The summed E-state index contributed by atoms with van der Waals surface area (Å²) < 4.78 is 19.4. The summed E-state index contributed by atoms with van der Waals surface area (Å²) in [6, 6.07) is -0.540. The molecule has 0 spiro atoms. The third-order valence-electron chi connectivity index (χ3n) is 4.49. The standard InChI is InChI=1S/C14H20FNO3/c1-13(2,3)19-12(18)14-6-4-5-8-11(15)9(17)7-10(14)16(8)14/h8,10-11H,4-7H2,1-3H3/t8?,10?,11-,14+,16?/m0/s1.